The van der Waals surface area contributed by atoms with Crippen LogP contribution in [0.4, 0.5) is 8.78 Å². The molecule has 0 N–H and O–H groups in total. The standard InChI is InChI=1S/C15H14F2N2O/c1-10(11-6-7-12(16)13(17)9-11)19(2)15(20)14-5-3-4-8-18-14/h3-10H,1-2H3. The zero-order chi connectivity index (χ0) is 14.7. The van der Waals surface area contributed by atoms with Gasteiger partial charge in [0.25, 0.3) is 5.91 Å². The molecule has 0 bridgehead atoms. The molecule has 1 unspecified atom stereocenters. The lowest BCUT2D eigenvalue weighted by Crippen LogP contribution is -2.30. The van der Waals surface area contributed by atoms with Gasteiger partial charge in [0, 0.05) is 13.2 Å². The Hall–Kier alpha value is -2.30. The summed E-state index contributed by atoms with van der Waals surface area (Å²) in [6, 6.07) is 8.27. The van der Waals surface area contributed by atoms with Gasteiger partial charge in [0.2, 0.25) is 0 Å². The number of nitrogens with zero attached hydrogens (tertiary/aromatic N) is 2. The van der Waals surface area contributed by atoms with E-state index in [0.717, 1.165) is 12.1 Å². The van der Waals surface area contributed by atoms with Gasteiger partial charge in [0.05, 0.1) is 6.04 Å². The maximum Gasteiger partial charge on any atom is 0.272 e. The summed E-state index contributed by atoms with van der Waals surface area (Å²) in [6.07, 6.45) is 1.53. The summed E-state index contributed by atoms with van der Waals surface area (Å²) in [5, 5.41) is 0. The molecule has 5 heteroatoms. The zero-order valence-corrected chi connectivity index (χ0v) is 11.2. The average Bonchev–Trinajstić information content (AvgIpc) is 2.48. The van der Waals surface area contributed by atoms with Crippen LogP contribution in [0.2, 0.25) is 0 Å². The second-order valence-electron chi connectivity index (χ2n) is 4.48. The molecule has 0 spiro atoms. The molecular formula is C15H14F2N2O. The first-order valence-corrected chi connectivity index (χ1v) is 6.14. The average molecular weight is 276 g/mol. The lowest BCUT2D eigenvalue weighted by molar-refractivity contribution is 0.0736. The molecule has 1 atom stereocenters. The van der Waals surface area contributed by atoms with Crippen LogP contribution in [-0.2, 0) is 0 Å². The van der Waals surface area contributed by atoms with Crippen molar-refractivity contribution >= 4 is 5.91 Å². The van der Waals surface area contributed by atoms with Crippen LogP contribution in [0.3, 0.4) is 0 Å². The van der Waals surface area contributed by atoms with Crippen LogP contribution in [0, 0.1) is 11.6 Å². The number of rotatable bonds is 3. The molecule has 0 fully saturated rings. The quantitative estimate of drug-likeness (QED) is 0.862. The fourth-order valence-electron chi connectivity index (χ4n) is 1.84. The summed E-state index contributed by atoms with van der Waals surface area (Å²) in [5.41, 5.74) is 0.833. The first-order chi connectivity index (χ1) is 9.50. The van der Waals surface area contributed by atoms with Gasteiger partial charge in [-0.05, 0) is 36.8 Å². The number of hydrogen-bond donors (Lipinski definition) is 0. The van der Waals surface area contributed by atoms with Crippen molar-refractivity contribution in [1.29, 1.82) is 0 Å². The molecule has 104 valence electrons. The van der Waals surface area contributed by atoms with E-state index in [9.17, 15) is 13.6 Å². The largest absolute Gasteiger partial charge is 0.334 e. The molecule has 20 heavy (non-hydrogen) atoms. The highest BCUT2D eigenvalue weighted by Gasteiger charge is 2.20. The van der Waals surface area contributed by atoms with Gasteiger partial charge in [-0.3, -0.25) is 9.78 Å². The highest BCUT2D eigenvalue weighted by atomic mass is 19.2. The van der Waals surface area contributed by atoms with E-state index in [0.29, 0.717) is 11.3 Å². The molecule has 0 saturated carbocycles. The van der Waals surface area contributed by atoms with E-state index < -0.39 is 11.6 Å². The van der Waals surface area contributed by atoms with E-state index in [4.69, 9.17) is 0 Å². The van der Waals surface area contributed by atoms with E-state index in [1.807, 2.05) is 0 Å². The second-order valence-corrected chi connectivity index (χ2v) is 4.48. The van der Waals surface area contributed by atoms with Crippen LogP contribution < -0.4 is 0 Å². The number of halogens is 2. The molecule has 2 rings (SSSR count). The minimum atomic E-state index is -0.923. The van der Waals surface area contributed by atoms with Crippen LogP contribution in [0.1, 0.15) is 29.0 Å². The molecule has 3 nitrogen and oxygen atoms in total. The van der Waals surface area contributed by atoms with Crippen molar-refractivity contribution in [1.82, 2.24) is 9.88 Å². The third-order valence-corrected chi connectivity index (χ3v) is 3.21. The summed E-state index contributed by atoms with van der Waals surface area (Å²) < 4.78 is 26.2. The number of amides is 1. The van der Waals surface area contributed by atoms with Gasteiger partial charge in [0.1, 0.15) is 5.69 Å². The van der Waals surface area contributed by atoms with Gasteiger partial charge >= 0.3 is 0 Å². The molecule has 1 aromatic heterocycles. The Bertz CT molecular complexity index is 617. The number of aromatic nitrogens is 1. The number of benzene rings is 1. The summed E-state index contributed by atoms with van der Waals surface area (Å²) in [4.78, 5) is 17.6. The van der Waals surface area contributed by atoms with Gasteiger partial charge in [-0.2, -0.15) is 0 Å². The highest BCUT2D eigenvalue weighted by molar-refractivity contribution is 5.92. The van der Waals surface area contributed by atoms with E-state index in [1.165, 1.54) is 17.2 Å². The normalized spacial score (nSPS) is 12.0. The van der Waals surface area contributed by atoms with Gasteiger partial charge in [-0.1, -0.05) is 12.1 Å². The molecule has 1 heterocycles. The van der Waals surface area contributed by atoms with E-state index >= 15 is 0 Å². The van der Waals surface area contributed by atoms with Crippen molar-refractivity contribution < 1.29 is 13.6 Å². The Morgan fingerprint density at radius 2 is 1.95 bits per heavy atom. The summed E-state index contributed by atoms with van der Waals surface area (Å²) in [7, 11) is 1.60. The molecule has 0 aliphatic rings. The Kier molecular flexibility index (Phi) is 4.08. The lowest BCUT2D eigenvalue weighted by Gasteiger charge is -2.25. The molecule has 1 aromatic carbocycles. The van der Waals surface area contributed by atoms with Gasteiger partial charge < -0.3 is 4.90 Å². The molecule has 2 aromatic rings. The molecule has 0 aliphatic heterocycles. The molecule has 1 amide bonds. The first-order valence-electron chi connectivity index (χ1n) is 6.14. The van der Waals surface area contributed by atoms with E-state index in [-0.39, 0.29) is 11.9 Å². The Morgan fingerprint density at radius 1 is 1.20 bits per heavy atom. The molecular weight excluding hydrogens is 262 g/mol. The van der Waals surface area contributed by atoms with Crippen molar-refractivity contribution in [2.24, 2.45) is 0 Å². The molecule has 0 saturated heterocycles. The predicted octanol–water partition coefficient (Wildman–Crippen LogP) is 3.19. The van der Waals surface area contributed by atoms with Crippen LogP contribution in [0.25, 0.3) is 0 Å². The number of pyridine rings is 1. The Morgan fingerprint density at radius 3 is 2.55 bits per heavy atom. The van der Waals surface area contributed by atoms with Crippen LogP contribution in [0.5, 0.6) is 0 Å². The van der Waals surface area contributed by atoms with Crippen LogP contribution in [0.15, 0.2) is 42.6 Å². The van der Waals surface area contributed by atoms with Crippen molar-refractivity contribution in [3.8, 4) is 0 Å². The summed E-state index contributed by atoms with van der Waals surface area (Å²) >= 11 is 0. The maximum atomic E-state index is 13.2. The van der Waals surface area contributed by atoms with E-state index in [1.54, 1.807) is 32.2 Å². The third kappa shape index (κ3) is 2.82. The molecule has 0 aliphatic carbocycles. The third-order valence-electron chi connectivity index (χ3n) is 3.21. The van der Waals surface area contributed by atoms with E-state index in [2.05, 4.69) is 4.98 Å². The fraction of sp³-hybridized carbons (Fsp3) is 0.200. The zero-order valence-electron chi connectivity index (χ0n) is 11.2. The SMILES string of the molecule is CC(c1ccc(F)c(F)c1)N(C)C(=O)c1ccccn1. The highest BCUT2D eigenvalue weighted by Crippen LogP contribution is 2.22. The number of carbonyl (C=O) groups is 1. The van der Waals surface area contributed by atoms with Crippen molar-refractivity contribution in [2.45, 2.75) is 13.0 Å². The number of carbonyl (C=O) groups excluding carboxylic acids is 1. The summed E-state index contributed by atoms with van der Waals surface area (Å²) in [5.74, 6) is -2.10. The summed E-state index contributed by atoms with van der Waals surface area (Å²) in [6.45, 7) is 1.74. The van der Waals surface area contributed by atoms with Crippen molar-refractivity contribution in [3.05, 3.63) is 65.5 Å². The number of hydrogen-bond acceptors (Lipinski definition) is 2. The van der Waals surface area contributed by atoms with Crippen LogP contribution in [-0.4, -0.2) is 22.8 Å². The van der Waals surface area contributed by atoms with Crippen molar-refractivity contribution in [3.63, 3.8) is 0 Å². The topological polar surface area (TPSA) is 33.2 Å². The first kappa shape index (κ1) is 14.1. The lowest BCUT2D eigenvalue weighted by atomic mass is 10.1. The Balaban J connectivity index is 2.22. The Labute approximate surface area is 115 Å². The second kappa shape index (κ2) is 5.77. The smallest absolute Gasteiger partial charge is 0.272 e. The molecule has 0 radical (unpaired) electrons. The van der Waals surface area contributed by atoms with Crippen molar-refractivity contribution in [2.75, 3.05) is 7.05 Å². The van der Waals surface area contributed by atoms with Gasteiger partial charge in [0.15, 0.2) is 11.6 Å². The van der Waals surface area contributed by atoms with Gasteiger partial charge in [-0.25, -0.2) is 8.78 Å². The maximum absolute atomic E-state index is 13.2. The van der Waals surface area contributed by atoms with Crippen LogP contribution >= 0.6 is 0 Å². The predicted molar refractivity (Wildman–Crippen MR) is 71.1 cm³/mol. The van der Waals surface area contributed by atoms with Gasteiger partial charge in [-0.15, -0.1) is 0 Å². The fourth-order valence-corrected chi connectivity index (χ4v) is 1.84. The minimum Gasteiger partial charge on any atom is -0.334 e. The monoisotopic (exact) mass is 276 g/mol. The minimum absolute atomic E-state index is 0.275.